The molecule has 0 aliphatic carbocycles. The van der Waals surface area contributed by atoms with E-state index in [-0.39, 0.29) is 0 Å². The second kappa shape index (κ2) is 9.55. The van der Waals surface area contributed by atoms with Crippen molar-refractivity contribution in [2.24, 2.45) is 0 Å². The first-order valence-corrected chi connectivity index (χ1v) is 7.34. The van der Waals surface area contributed by atoms with Gasteiger partial charge in [0.05, 0.1) is 0 Å². The smallest absolute Gasteiger partial charge is 0.00791 e. The molecule has 0 bridgehead atoms. The molecule has 0 aliphatic heterocycles. The van der Waals surface area contributed by atoms with Crippen molar-refractivity contribution < 1.29 is 0 Å². The van der Waals surface area contributed by atoms with Crippen molar-refractivity contribution in [2.45, 2.75) is 45.1 Å². The molecule has 1 rings (SSSR count). The zero-order chi connectivity index (χ0) is 12.3. The van der Waals surface area contributed by atoms with Crippen molar-refractivity contribution in [2.75, 3.05) is 12.3 Å². The maximum absolute atomic E-state index is 4.22. The Labute approximate surface area is 111 Å². The summed E-state index contributed by atoms with van der Waals surface area (Å²) in [6.07, 6.45) is 6.30. The van der Waals surface area contributed by atoms with Crippen molar-refractivity contribution in [3.8, 4) is 0 Å². The SMILES string of the molecule is C[C@@H](Cc1ccccc1)NCCCCCCS. The van der Waals surface area contributed by atoms with Crippen molar-refractivity contribution >= 4 is 12.6 Å². The molecule has 0 radical (unpaired) electrons. The second-order valence-corrected chi connectivity index (χ2v) is 5.13. The average Bonchev–Trinajstić information content (AvgIpc) is 2.35. The van der Waals surface area contributed by atoms with Gasteiger partial charge in [-0.15, -0.1) is 0 Å². The normalized spacial score (nSPS) is 12.6. The Morgan fingerprint density at radius 3 is 2.47 bits per heavy atom. The van der Waals surface area contributed by atoms with Gasteiger partial charge in [-0.25, -0.2) is 0 Å². The van der Waals surface area contributed by atoms with Crippen LogP contribution in [-0.4, -0.2) is 18.3 Å². The van der Waals surface area contributed by atoms with Crippen LogP contribution in [0.4, 0.5) is 0 Å². The lowest BCUT2D eigenvalue weighted by atomic mass is 10.1. The van der Waals surface area contributed by atoms with Gasteiger partial charge < -0.3 is 5.32 Å². The lowest BCUT2D eigenvalue weighted by molar-refractivity contribution is 0.518. The Bertz CT molecular complexity index is 274. The Morgan fingerprint density at radius 2 is 1.76 bits per heavy atom. The molecule has 0 fully saturated rings. The Hall–Kier alpha value is -0.470. The summed E-state index contributed by atoms with van der Waals surface area (Å²) in [5.74, 6) is 1.03. The first-order valence-electron chi connectivity index (χ1n) is 6.71. The predicted octanol–water partition coefficient (Wildman–Crippen LogP) is 3.70. The van der Waals surface area contributed by atoms with Crippen LogP contribution in [0.25, 0.3) is 0 Å². The minimum atomic E-state index is 0.572. The number of hydrogen-bond acceptors (Lipinski definition) is 2. The van der Waals surface area contributed by atoms with Gasteiger partial charge in [0, 0.05) is 6.04 Å². The van der Waals surface area contributed by atoms with E-state index in [4.69, 9.17) is 0 Å². The zero-order valence-corrected chi connectivity index (χ0v) is 11.8. The summed E-state index contributed by atoms with van der Waals surface area (Å²) in [7, 11) is 0. The van der Waals surface area contributed by atoms with Crippen molar-refractivity contribution in [3.05, 3.63) is 35.9 Å². The van der Waals surface area contributed by atoms with E-state index < -0.39 is 0 Å². The molecule has 1 N–H and O–H groups in total. The fourth-order valence-electron chi connectivity index (χ4n) is 1.98. The summed E-state index contributed by atoms with van der Waals surface area (Å²) >= 11 is 4.22. The molecule has 17 heavy (non-hydrogen) atoms. The number of rotatable bonds is 9. The molecule has 1 atom stereocenters. The summed E-state index contributed by atoms with van der Waals surface area (Å²) in [5.41, 5.74) is 1.42. The molecule has 0 heterocycles. The summed E-state index contributed by atoms with van der Waals surface area (Å²) in [6.45, 7) is 3.40. The number of hydrogen-bond donors (Lipinski definition) is 2. The fraction of sp³-hybridized carbons (Fsp3) is 0.600. The van der Waals surface area contributed by atoms with E-state index in [1.807, 2.05) is 0 Å². The lowest BCUT2D eigenvalue weighted by Crippen LogP contribution is -2.28. The maximum atomic E-state index is 4.22. The van der Waals surface area contributed by atoms with E-state index in [0.29, 0.717) is 6.04 Å². The van der Waals surface area contributed by atoms with E-state index in [1.54, 1.807) is 0 Å². The minimum Gasteiger partial charge on any atom is -0.314 e. The van der Waals surface area contributed by atoms with Gasteiger partial charge >= 0.3 is 0 Å². The Morgan fingerprint density at radius 1 is 1.06 bits per heavy atom. The molecule has 2 heteroatoms. The van der Waals surface area contributed by atoms with Gasteiger partial charge in [-0.3, -0.25) is 0 Å². The standard InChI is InChI=1S/C15H25NS/c1-14(13-15-9-5-4-6-10-15)16-11-7-2-3-8-12-17/h4-6,9-10,14,16-17H,2-3,7-8,11-13H2,1H3/t14-/m0/s1. The molecule has 1 nitrogen and oxygen atoms in total. The summed E-state index contributed by atoms with van der Waals surface area (Å²) in [4.78, 5) is 0. The molecule has 0 aromatic heterocycles. The molecule has 96 valence electrons. The fourth-order valence-corrected chi connectivity index (χ4v) is 2.20. The van der Waals surface area contributed by atoms with E-state index in [1.165, 1.54) is 31.2 Å². The first kappa shape index (κ1) is 14.6. The van der Waals surface area contributed by atoms with Crippen molar-refractivity contribution in [3.63, 3.8) is 0 Å². The van der Waals surface area contributed by atoms with Crippen LogP contribution in [0.1, 0.15) is 38.2 Å². The van der Waals surface area contributed by atoms with Crippen LogP contribution < -0.4 is 5.32 Å². The predicted molar refractivity (Wildman–Crippen MR) is 79.9 cm³/mol. The molecule has 0 aliphatic rings. The van der Waals surface area contributed by atoms with Gasteiger partial charge in [-0.2, -0.15) is 12.6 Å². The van der Waals surface area contributed by atoms with Gasteiger partial charge in [-0.05, 0) is 44.0 Å². The summed E-state index contributed by atoms with van der Waals surface area (Å²) < 4.78 is 0. The number of nitrogens with one attached hydrogen (secondary N) is 1. The van der Waals surface area contributed by atoms with Crippen LogP contribution in [-0.2, 0) is 6.42 Å². The van der Waals surface area contributed by atoms with E-state index in [9.17, 15) is 0 Å². The Balaban J connectivity index is 2.03. The quantitative estimate of drug-likeness (QED) is 0.504. The molecule has 0 spiro atoms. The number of benzene rings is 1. The topological polar surface area (TPSA) is 12.0 Å². The third-order valence-corrected chi connectivity index (χ3v) is 3.28. The van der Waals surface area contributed by atoms with Gasteiger partial charge in [0.2, 0.25) is 0 Å². The Kier molecular flexibility index (Phi) is 8.20. The minimum absolute atomic E-state index is 0.572. The van der Waals surface area contributed by atoms with Crippen molar-refractivity contribution in [1.82, 2.24) is 5.32 Å². The summed E-state index contributed by atoms with van der Waals surface area (Å²) in [6, 6.07) is 11.3. The zero-order valence-electron chi connectivity index (χ0n) is 10.9. The van der Waals surface area contributed by atoms with Gasteiger partial charge in [0.15, 0.2) is 0 Å². The number of thiol groups is 1. The number of unbranched alkanes of at least 4 members (excludes halogenated alkanes) is 3. The highest BCUT2D eigenvalue weighted by Crippen LogP contribution is 2.04. The summed E-state index contributed by atoms with van der Waals surface area (Å²) in [5, 5.41) is 3.59. The van der Waals surface area contributed by atoms with Gasteiger partial charge in [0.1, 0.15) is 0 Å². The second-order valence-electron chi connectivity index (χ2n) is 4.68. The third-order valence-electron chi connectivity index (χ3n) is 2.96. The highest BCUT2D eigenvalue weighted by atomic mass is 32.1. The molecular weight excluding hydrogens is 226 g/mol. The monoisotopic (exact) mass is 251 g/mol. The highest BCUT2D eigenvalue weighted by Gasteiger charge is 2.01. The van der Waals surface area contributed by atoms with Gasteiger partial charge in [0.25, 0.3) is 0 Å². The van der Waals surface area contributed by atoms with E-state index in [0.717, 1.165) is 18.7 Å². The molecule has 0 amide bonds. The van der Waals surface area contributed by atoms with Crippen LogP contribution in [0.15, 0.2) is 30.3 Å². The molecular formula is C15H25NS. The van der Waals surface area contributed by atoms with Crippen molar-refractivity contribution in [1.29, 1.82) is 0 Å². The molecule has 1 aromatic rings. The molecule has 0 unspecified atom stereocenters. The van der Waals surface area contributed by atoms with E-state index >= 15 is 0 Å². The lowest BCUT2D eigenvalue weighted by Gasteiger charge is -2.13. The van der Waals surface area contributed by atoms with Crippen LogP contribution in [0.2, 0.25) is 0 Å². The highest BCUT2D eigenvalue weighted by molar-refractivity contribution is 7.80. The maximum Gasteiger partial charge on any atom is 0.00791 e. The van der Waals surface area contributed by atoms with Gasteiger partial charge in [-0.1, -0.05) is 43.2 Å². The van der Waals surface area contributed by atoms with Crippen LogP contribution in [0.3, 0.4) is 0 Å². The largest absolute Gasteiger partial charge is 0.314 e. The third kappa shape index (κ3) is 7.45. The van der Waals surface area contributed by atoms with Crippen LogP contribution in [0.5, 0.6) is 0 Å². The first-order chi connectivity index (χ1) is 8.33. The molecule has 0 saturated heterocycles. The van der Waals surface area contributed by atoms with Crippen LogP contribution >= 0.6 is 12.6 Å². The molecule has 0 saturated carbocycles. The van der Waals surface area contributed by atoms with Crippen LogP contribution in [0, 0.1) is 0 Å². The molecule has 1 aromatic carbocycles. The average molecular weight is 251 g/mol. The van der Waals surface area contributed by atoms with E-state index in [2.05, 4.69) is 55.2 Å².